The normalized spacial score (nSPS) is 18.5. The molecule has 0 aliphatic heterocycles. The van der Waals surface area contributed by atoms with Crippen LogP contribution in [0.4, 0.5) is 4.79 Å². The van der Waals surface area contributed by atoms with Gasteiger partial charge < -0.3 is 25.2 Å². The van der Waals surface area contributed by atoms with Crippen molar-refractivity contribution < 1.29 is 34.3 Å². The van der Waals surface area contributed by atoms with Crippen molar-refractivity contribution in [3.05, 3.63) is 69.3 Å². The van der Waals surface area contributed by atoms with Crippen molar-refractivity contribution in [2.45, 2.75) is 58.2 Å². The van der Waals surface area contributed by atoms with E-state index in [1.807, 2.05) is 20.8 Å². The van der Waals surface area contributed by atoms with Gasteiger partial charge in [-0.15, -0.1) is 0 Å². The number of carbonyl (C=O) groups excluding carboxylic acids is 2. The van der Waals surface area contributed by atoms with Crippen LogP contribution in [0.1, 0.15) is 44.7 Å². The first-order valence-corrected chi connectivity index (χ1v) is 12.1. The fourth-order valence-corrected chi connectivity index (χ4v) is 4.00. The number of carboxylic acids is 1. The SMILES string of the molecule is CCOC(=O)C(O)CN(CC(C)C)C(=O)NC(CC1=CCC(c2ccc(C)cc2)([N+](=O)[O-])C=C1)C(=O)O. The van der Waals surface area contributed by atoms with E-state index >= 15 is 0 Å². The Morgan fingerprint density at radius 3 is 2.35 bits per heavy atom. The highest BCUT2D eigenvalue weighted by Gasteiger charge is 2.43. The average molecular weight is 518 g/mol. The number of hydrogen-bond acceptors (Lipinski definition) is 7. The third kappa shape index (κ3) is 7.88. The van der Waals surface area contributed by atoms with Gasteiger partial charge in [0.05, 0.1) is 13.2 Å². The monoisotopic (exact) mass is 517 g/mol. The van der Waals surface area contributed by atoms with E-state index < -0.39 is 35.7 Å². The molecule has 11 nitrogen and oxygen atoms in total. The van der Waals surface area contributed by atoms with Gasteiger partial charge in [-0.2, -0.15) is 0 Å². The number of aliphatic carboxylic acids is 1. The number of nitrogens with one attached hydrogen (secondary N) is 1. The molecule has 0 radical (unpaired) electrons. The number of nitrogens with zero attached hydrogens (tertiary/aromatic N) is 2. The van der Waals surface area contributed by atoms with E-state index in [9.17, 15) is 34.7 Å². The molecule has 1 aromatic rings. The van der Waals surface area contributed by atoms with Crippen molar-refractivity contribution in [1.29, 1.82) is 0 Å². The Morgan fingerprint density at radius 2 is 1.86 bits per heavy atom. The third-order valence-electron chi connectivity index (χ3n) is 5.99. The van der Waals surface area contributed by atoms with Crippen molar-refractivity contribution in [3.8, 4) is 0 Å². The van der Waals surface area contributed by atoms with E-state index in [0.717, 1.165) is 5.56 Å². The lowest BCUT2D eigenvalue weighted by molar-refractivity contribution is -0.563. The number of aryl methyl sites for hydroxylation is 1. The maximum absolute atomic E-state index is 12.9. The molecule has 3 N–H and O–H groups in total. The van der Waals surface area contributed by atoms with Crippen LogP contribution in [0.2, 0.25) is 0 Å². The minimum atomic E-state index is -1.58. The lowest BCUT2D eigenvalue weighted by Gasteiger charge is -2.29. The van der Waals surface area contributed by atoms with Gasteiger partial charge in [-0.3, -0.25) is 10.1 Å². The topological polar surface area (TPSA) is 159 Å². The Kier molecular flexibility index (Phi) is 10.4. The van der Waals surface area contributed by atoms with E-state index in [1.165, 1.54) is 17.1 Å². The molecular weight excluding hydrogens is 482 g/mol. The lowest BCUT2D eigenvalue weighted by Crippen LogP contribution is -2.52. The number of urea groups is 1. The summed E-state index contributed by atoms with van der Waals surface area (Å²) in [7, 11) is 0. The van der Waals surface area contributed by atoms with Crippen molar-refractivity contribution in [2.24, 2.45) is 5.92 Å². The number of aliphatic hydroxyl groups excluding tert-OH is 1. The molecule has 1 aliphatic rings. The van der Waals surface area contributed by atoms with Gasteiger partial charge in [-0.1, -0.05) is 55.8 Å². The highest BCUT2D eigenvalue weighted by atomic mass is 16.6. The second-order valence-corrected chi connectivity index (χ2v) is 9.48. The molecule has 1 aliphatic carbocycles. The number of carbonyl (C=O) groups is 3. The van der Waals surface area contributed by atoms with Crippen LogP contribution in [-0.4, -0.2) is 69.8 Å². The number of aliphatic hydroxyl groups is 1. The number of allylic oxidation sites excluding steroid dienone is 1. The Bertz CT molecular complexity index is 1050. The summed E-state index contributed by atoms with van der Waals surface area (Å²) in [6, 6.07) is 4.91. The number of nitro groups is 1. The summed E-state index contributed by atoms with van der Waals surface area (Å²) in [5.74, 6) is -2.19. The van der Waals surface area contributed by atoms with Gasteiger partial charge in [0.2, 0.25) is 0 Å². The molecule has 3 unspecified atom stereocenters. The molecule has 202 valence electrons. The summed E-state index contributed by atoms with van der Waals surface area (Å²) in [4.78, 5) is 49.5. The molecular formula is C26H35N3O8. The van der Waals surface area contributed by atoms with Gasteiger partial charge in [-0.05, 0) is 31.4 Å². The van der Waals surface area contributed by atoms with E-state index in [0.29, 0.717) is 11.1 Å². The molecule has 0 aromatic heterocycles. The zero-order chi connectivity index (χ0) is 27.8. The zero-order valence-electron chi connectivity index (χ0n) is 21.5. The molecule has 0 fully saturated rings. The summed E-state index contributed by atoms with van der Waals surface area (Å²) in [6.07, 6.45) is 2.93. The van der Waals surface area contributed by atoms with E-state index in [4.69, 9.17) is 4.74 Å². The molecule has 2 amide bonds. The van der Waals surface area contributed by atoms with Crippen LogP contribution in [0.25, 0.3) is 0 Å². The fraction of sp³-hybridized carbons (Fsp3) is 0.500. The average Bonchev–Trinajstić information content (AvgIpc) is 2.83. The second-order valence-electron chi connectivity index (χ2n) is 9.48. The number of hydrogen-bond donors (Lipinski definition) is 3. The molecule has 0 bridgehead atoms. The standard InChI is InChI=1S/C26H35N3O8/c1-5-37-24(33)22(30)16-28(15-17(2)3)25(34)27-21(23(31)32)14-19-10-12-26(13-11-19,29(35)36)20-8-6-18(4)7-9-20/h6-12,17,21-22,30H,5,13-16H2,1-4H3,(H,27,34)(H,31,32). The number of amides is 2. The van der Waals surface area contributed by atoms with E-state index in [-0.39, 0.29) is 43.4 Å². The molecule has 1 aromatic carbocycles. The molecule has 2 rings (SSSR count). The number of ether oxygens (including phenoxy) is 1. The number of esters is 1. The van der Waals surface area contributed by atoms with Crippen LogP contribution >= 0.6 is 0 Å². The fourth-order valence-electron chi connectivity index (χ4n) is 4.00. The number of rotatable bonds is 12. The lowest BCUT2D eigenvalue weighted by atomic mass is 9.81. The van der Waals surface area contributed by atoms with Gasteiger partial charge in [-0.25, -0.2) is 14.4 Å². The van der Waals surface area contributed by atoms with Crippen LogP contribution in [0.3, 0.4) is 0 Å². The molecule has 3 atom stereocenters. The molecule has 0 saturated carbocycles. The Balaban J connectivity index is 2.15. The summed E-state index contributed by atoms with van der Waals surface area (Å²) >= 11 is 0. The van der Waals surface area contributed by atoms with Gasteiger partial charge in [0, 0.05) is 29.9 Å². The molecule has 0 spiro atoms. The first kappa shape index (κ1) is 29.5. The van der Waals surface area contributed by atoms with Gasteiger partial charge in [0.1, 0.15) is 6.04 Å². The maximum Gasteiger partial charge on any atom is 0.336 e. The molecule has 37 heavy (non-hydrogen) atoms. The highest BCUT2D eigenvalue weighted by molar-refractivity contribution is 5.83. The smallest absolute Gasteiger partial charge is 0.336 e. The summed E-state index contributed by atoms with van der Waals surface area (Å²) in [6.45, 7) is 7.01. The van der Waals surface area contributed by atoms with Gasteiger partial charge >= 0.3 is 18.0 Å². The molecule has 0 heterocycles. The number of benzene rings is 1. The first-order chi connectivity index (χ1) is 17.4. The Morgan fingerprint density at radius 1 is 1.22 bits per heavy atom. The quantitative estimate of drug-likeness (QED) is 0.217. The zero-order valence-corrected chi connectivity index (χ0v) is 21.5. The summed E-state index contributed by atoms with van der Waals surface area (Å²) in [5.41, 5.74) is 0.553. The molecule has 11 heteroatoms. The number of carboxylic acid groups (broad SMARTS) is 1. The second kappa shape index (κ2) is 13.0. The minimum Gasteiger partial charge on any atom is -0.480 e. The first-order valence-electron chi connectivity index (χ1n) is 12.1. The van der Waals surface area contributed by atoms with Crippen molar-refractivity contribution in [1.82, 2.24) is 10.2 Å². The predicted octanol–water partition coefficient (Wildman–Crippen LogP) is 2.79. The third-order valence-corrected chi connectivity index (χ3v) is 5.99. The van der Waals surface area contributed by atoms with Crippen LogP contribution in [0.15, 0.2) is 48.1 Å². The largest absolute Gasteiger partial charge is 0.480 e. The maximum atomic E-state index is 12.9. The highest BCUT2D eigenvalue weighted by Crippen LogP contribution is 2.35. The van der Waals surface area contributed by atoms with E-state index in [2.05, 4.69) is 5.32 Å². The van der Waals surface area contributed by atoms with E-state index in [1.54, 1.807) is 37.3 Å². The summed E-state index contributed by atoms with van der Waals surface area (Å²) < 4.78 is 4.78. The Hall–Kier alpha value is -3.73. The van der Waals surface area contributed by atoms with Crippen LogP contribution < -0.4 is 5.32 Å². The predicted molar refractivity (Wildman–Crippen MR) is 135 cm³/mol. The van der Waals surface area contributed by atoms with Gasteiger partial charge in [0.25, 0.3) is 5.54 Å². The van der Waals surface area contributed by atoms with Crippen molar-refractivity contribution >= 4 is 18.0 Å². The summed E-state index contributed by atoms with van der Waals surface area (Å²) in [5, 5.41) is 34.3. The van der Waals surface area contributed by atoms with Crippen LogP contribution in [0, 0.1) is 23.0 Å². The van der Waals surface area contributed by atoms with Crippen LogP contribution in [-0.2, 0) is 19.9 Å². The van der Waals surface area contributed by atoms with Crippen LogP contribution in [0.5, 0.6) is 0 Å². The Labute approximate surface area is 215 Å². The molecule has 0 saturated heterocycles. The van der Waals surface area contributed by atoms with Crippen molar-refractivity contribution in [3.63, 3.8) is 0 Å². The van der Waals surface area contributed by atoms with Crippen molar-refractivity contribution in [2.75, 3.05) is 19.7 Å². The minimum absolute atomic E-state index is 0.0237. The van der Waals surface area contributed by atoms with Gasteiger partial charge in [0.15, 0.2) is 6.10 Å².